The Balaban J connectivity index is 1.48. The highest BCUT2D eigenvalue weighted by Gasteiger charge is 2.55. The fourth-order valence-electron chi connectivity index (χ4n) is 7.75. The van der Waals surface area contributed by atoms with Gasteiger partial charge in [-0.25, -0.2) is 18.1 Å². The molecule has 1 aromatic heterocycles. The average Bonchev–Trinajstić information content (AvgIpc) is 2.92. The van der Waals surface area contributed by atoms with Gasteiger partial charge in [0.05, 0.1) is 16.6 Å². The number of hydrogen-bond acceptors (Lipinski definition) is 7. The molecule has 2 N–H and O–H groups in total. The van der Waals surface area contributed by atoms with Gasteiger partial charge in [-0.15, -0.1) is 0 Å². The Morgan fingerprint density at radius 2 is 1.69 bits per heavy atom. The molecule has 0 radical (unpaired) electrons. The van der Waals surface area contributed by atoms with Crippen LogP contribution in [0.4, 0.5) is 5.95 Å². The Kier molecular flexibility index (Phi) is 7.96. The molecule has 2 aliphatic carbocycles. The SMILES string of the molecule is Cc1cccc(C)c1-c1nc2nc(c1C)OC[C@@H](CC(C)(C)C)N(C1CC3(CC(CO)C3)C1)C(=O)c1cccc(c1)S(=O)(=O)N2. The van der Waals surface area contributed by atoms with Crippen molar-refractivity contribution in [3.63, 3.8) is 0 Å². The monoisotopic (exact) mass is 632 g/mol. The molecule has 3 aliphatic rings. The second kappa shape index (κ2) is 11.4. The van der Waals surface area contributed by atoms with Gasteiger partial charge in [0.1, 0.15) is 6.61 Å². The lowest BCUT2D eigenvalue weighted by Crippen LogP contribution is -2.61. The van der Waals surface area contributed by atoms with Crippen LogP contribution in [0.3, 0.4) is 0 Å². The molecule has 4 bridgehead atoms. The topological polar surface area (TPSA) is 122 Å². The Labute approximate surface area is 266 Å². The number of fused-ring (bicyclic) bond motifs is 4. The highest BCUT2D eigenvalue weighted by Crippen LogP contribution is 2.60. The number of aromatic nitrogens is 2. The summed E-state index contributed by atoms with van der Waals surface area (Å²) >= 11 is 0. The summed E-state index contributed by atoms with van der Waals surface area (Å²) in [5.41, 5.74) is 4.57. The number of carbonyl (C=O) groups excluding carboxylic acids is 1. The van der Waals surface area contributed by atoms with Gasteiger partial charge in [-0.3, -0.25) is 4.79 Å². The summed E-state index contributed by atoms with van der Waals surface area (Å²) in [6, 6.07) is 11.9. The Morgan fingerprint density at radius 3 is 2.33 bits per heavy atom. The highest BCUT2D eigenvalue weighted by molar-refractivity contribution is 7.92. The van der Waals surface area contributed by atoms with E-state index in [1.807, 2.05) is 43.9 Å². The third kappa shape index (κ3) is 6.06. The molecule has 2 fully saturated rings. The zero-order valence-corrected chi connectivity index (χ0v) is 27.9. The largest absolute Gasteiger partial charge is 0.475 e. The standard InChI is InChI=1S/C35H44N4O5S/c1-21-9-7-10-22(2)29(21)30-23(3)31-37-33(36-30)38-45(42,43)28-12-8-11-25(13-28)32(41)39(27(20-44-31)16-34(4,5)6)26-17-35(18-26)14-24(15-35)19-40/h7-13,24,26-27,40H,14-20H2,1-6H3,(H,36,37,38)/t24?,26?,27-,35?/m1/s1. The van der Waals surface area contributed by atoms with Crippen molar-refractivity contribution in [3.8, 4) is 17.1 Å². The molecule has 3 aromatic rings. The Bertz CT molecular complexity index is 1710. The van der Waals surface area contributed by atoms with Crippen LogP contribution in [0.1, 0.15) is 79.9 Å². The lowest BCUT2D eigenvalue weighted by atomic mass is 9.50. The smallest absolute Gasteiger partial charge is 0.264 e. The number of ether oxygens (including phenoxy) is 1. The number of hydrogen-bond donors (Lipinski definition) is 2. The summed E-state index contributed by atoms with van der Waals surface area (Å²) in [4.78, 5) is 25.7. The van der Waals surface area contributed by atoms with Crippen molar-refractivity contribution < 1.29 is 23.1 Å². The second-order valence-electron chi connectivity index (χ2n) is 14.7. The zero-order valence-electron chi connectivity index (χ0n) is 27.1. The van der Waals surface area contributed by atoms with Crippen molar-refractivity contribution >= 4 is 21.9 Å². The maximum Gasteiger partial charge on any atom is 0.264 e. The van der Waals surface area contributed by atoms with Crippen LogP contribution in [0.15, 0.2) is 47.4 Å². The minimum Gasteiger partial charge on any atom is -0.475 e. The lowest BCUT2D eigenvalue weighted by Gasteiger charge is -2.60. The van der Waals surface area contributed by atoms with Gasteiger partial charge in [-0.05, 0) is 98.9 Å². The van der Waals surface area contributed by atoms with Crippen molar-refractivity contribution in [2.45, 2.75) is 90.6 Å². The van der Waals surface area contributed by atoms with Gasteiger partial charge in [0.2, 0.25) is 11.8 Å². The van der Waals surface area contributed by atoms with Crippen LogP contribution in [0, 0.1) is 37.5 Å². The number of nitrogens with one attached hydrogen (secondary N) is 1. The van der Waals surface area contributed by atoms with E-state index >= 15 is 0 Å². The predicted octanol–water partition coefficient (Wildman–Crippen LogP) is 6.06. The first-order valence-corrected chi connectivity index (χ1v) is 17.3. The molecule has 2 aromatic carbocycles. The van der Waals surface area contributed by atoms with E-state index in [2.05, 4.69) is 30.5 Å². The summed E-state index contributed by atoms with van der Waals surface area (Å²) < 4.78 is 36.5. The first-order chi connectivity index (χ1) is 21.2. The number of anilines is 1. The van der Waals surface area contributed by atoms with E-state index in [1.54, 1.807) is 12.1 Å². The van der Waals surface area contributed by atoms with E-state index in [4.69, 9.17) is 9.72 Å². The molecule has 10 heteroatoms. The first kappa shape index (κ1) is 31.5. The van der Waals surface area contributed by atoms with Gasteiger partial charge < -0.3 is 14.7 Å². The summed E-state index contributed by atoms with van der Waals surface area (Å²) in [6.07, 6.45) is 4.36. The van der Waals surface area contributed by atoms with Gasteiger partial charge in [0, 0.05) is 29.3 Å². The number of benzene rings is 2. The number of aliphatic hydroxyl groups is 1. The Morgan fingerprint density at radius 1 is 1.02 bits per heavy atom. The van der Waals surface area contributed by atoms with E-state index < -0.39 is 10.0 Å². The van der Waals surface area contributed by atoms with Gasteiger partial charge >= 0.3 is 0 Å². The maximum atomic E-state index is 14.4. The fourth-order valence-corrected chi connectivity index (χ4v) is 8.74. The fraction of sp³-hybridized carbons (Fsp3) is 0.514. The number of carbonyl (C=O) groups is 1. The van der Waals surface area contributed by atoms with Crippen molar-refractivity contribution in [2.24, 2.45) is 16.7 Å². The van der Waals surface area contributed by atoms with E-state index in [0.29, 0.717) is 29.2 Å². The molecule has 1 amide bonds. The van der Waals surface area contributed by atoms with E-state index in [1.165, 1.54) is 12.1 Å². The number of aliphatic hydroxyl groups excluding tert-OH is 1. The Hall–Kier alpha value is -3.50. The molecule has 45 heavy (non-hydrogen) atoms. The van der Waals surface area contributed by atoms with Crippen LogP contribution in [-0.4, -0.2) is 59.6 Å². The third-order valence-electron chi connectivity index (χ3n) is 9.76. The third-order valence-corrected chi connectivity index (χ3v) is 11.1. The van der Waals surface area contributed by atoms with E-state index in [-0.39, 0.29) is 58.8 Å². The number of nitrogens with zero attached hydrogens (tertiary/aromatic N) is 3. The molecule has 6 rings (SSSR count). The molecule has 1 spiro atoms. The minimum atomic E-state index is -4.13. The van der Waals surface area contributed by atoms with Crippen LogP contribution in [0.25, 0.3) is 11.3 Å². The van der Waals surface area contributed by atoms with Gasteiger partial charge in [-0.1, -0.05) is 45.0 Å². The van der Waals surface area contributed by atoms with Crippen LogP contribution in [-0.2, 0) is 10.0 Å². The molecule has 0 saturated heterocycles. The maximum absolute atomic E-state index is 14.4. The zero-order chi connectivity index (χ0) is 32.3. The summed E-state index contributed by atoms with van der Waals surface area (Å²) in [5, 5.41) is 9.64. The van der Waals surface area contributed by atoms with Crippen LogP contribution in [0.2, 0.25) is 0 Å². The quantitative estimate of drug-likeness (QED) is 0.359. The number of amides is 1. The number of rotatable bonds is 4. The number of aryl methyl sites for hydroxylation is 2. The minimum absolute atomic E-state index is 0.0103. The van der Waals surface area contributed by atoms with Gasteiger partial charge in [0.25, 0.3) is 15.9 Å². The van der Waals surface area contributed by atoms with Crippen molar-refractivity contribution in [2.75, 3.05) is 17.9 Å². The average molecular weight is 633 g/mol. The molecule has 2 heterocycles. The molecule has 0 unspecified atom stereocenters. The van der Waals surface area contributed by atoms with E-state index in [9.17, 15) is 18.3 Å². The van der Waals surface area contributed by atoms with Gasteiger partial charge in [0.15, 0.2) is 0 Å². The van der Waals surface area contributed by atoms with Crippen LogP contribution in [0.5, 0.6) is 5.88 Å². The molecule has 1 aliphatic heterocycles. The lowest BCUT2D eigenvalue weighted by molar-refractivity contribution is -0.103. The molecule has 240 valence electrons. The first-order valence-electron chi connectivity index (χ1n) is 15.8. The van der Waals surface area contributed by atoms with Gasteiger partial charge in [-0.2, -0.15) is 4.98 Å². The second-order valence-corrected chi connectivity index (χ2v) is 16.4. The summed E-state index contributed by atoms with van der Waals surface area (Å²) in [7, 11) is -4.13. The summed E-state index contributed by atoms with van der Waals surface area (Å²) in [6.45, 7) is 12.8. The number of sulfonamides is 1. The van der Waals surface area contributed by atoms with Crippen LogP contribution < -0.4 is 9.46 Å². The van der Waals surface area contributed by atoms with Crippen molar-refractivity contribution in [1.82, 2.24) is 14.9 Å². The van der Waals surface area contributed by atoms with Crippen molar-refractivity contribution in [3.05, 3.63) is 64.7 Å². The molecule has 9 nitrogen and oxygen atoms in total. The normalized spacial score (nSPS) is 26.0. The summed E-state index contributed by atoms with van der Waals surface area (Å²) in [5.74, 6) is 0.332. The predicted molar refractivity (Wildman–Crippen MR) is 174 cm³/mol. The van der Waals surface area contributed by atoms with Crippen LogP contribution >= 0.6 is 0 Å². The van der Waals surface area contributed by atoms with E-state index in [0.717, 1.165) is 42.4 Å². The van der Waals surface area contributed by atoms with Crippen molar-refractivity contribution in [1.29, 1.82) is 0 Å². The highest BCUT2D eigenvalue weighted by atomic mass is 32.2. The molecule has 1 atom stereocenters. The molecule has 2 saturated carbocycles. The molecular weight excluding hydrogens is 588 g/mol. The molecular formula is C35H44N4O5S.